The molecule has 0 aromatic heterocycles. The van der Waals surface area contributed by atoms with E-state index in [1.165, 1.54) is 6.21 Å². The van der Waals surface area contributed by atoms with Crippen LogP contribution in [0, 0.1) is 0 Å². The molecule has 0 unspecified atom stereocenters. The van der Waals surface area contributed by atoms with Gasteiger partial charge < -0.3 is 14.8 Å². The third-order valence-electron chi connectivity index (χ3n) is 3.16. The van der Waals surface area contributed by atoms with Crippen LogP contribution in [0.3, 0.4) is 0 Å². The van der Waals surface area contributed by atoms with E-state index in [1.807, 2.05) is 0 Å². The van der Waals surface area contributed by atoms with Gasteiger partial charge in [-0.1, -0.05) is 24.8 Å². The Morgan fingerprint density at radius 3 is 2.58 bits per heavy atom. The van der Waals surface area contributed by atoms with E-state index in [0.717, 1.165) is 0 Å². The number of hydrogen-bond acceptors (Lipinski definition) is 5. The van der Waals surface area contributed by atoms with Crippen LogP contribution in [0.1, 0.15) is 5.56 Å². The summed E-state index contributed by atoms with van der Waals surface area (Å²) in [5.41, 5.74) is 3.36. The predicted molar refractivity (Wildman–Crippen MR) is 99.5 cm³/mol. The molecule has 2 aromatic rings. The van der Waals surface area contributed by atoms with Gasteiger partial charge in [-0.05, 0) is 42.0 Å². The summed E-state index contributed by atoms with van der Waals surface area (Å²) in [6.45, 7) is 3.97. The number of methoxy groups -OCH3 is 1. The van der Waals surface area contributed by atoms with E-state index >= 15 is 0 Å². The SMILES string of the molecule is C=CCOc1cccc(/C=N/NC(=O)C(=O)Nc2ccc(OC)cc2)c1. The van der Waals surface area contributed by atoms with Crippen LogP contribution in [0.5, 0.6) is 11.5 Å². The van der Waals surface area contributed by atoms with Gasteiger partial charge in [0.15, 0.2) is 0 Å². The zero-order valence-electron chi connectivity index (χ0n) is 14.3. The van der Waals surface area contributed by atoms with E-state index in [-0.39, 0.29) is 0 Å². The molecule has 26 heavy (non-hydrogen) atoms. The number of carbonyl (C=O) groups is 2. The minimum atomic E-state index is -0.879. The van der Waals surface area contributed by atoms with E-state index in [9.17, 15) is 9.59 Å². The van der Waals surface area contributed by atoms with Gasteiger partial charge in [-0.3, -0.25) is 9.59 Å². The van der Waals surface area contributed by atoms with E-state index in [0.29, 0.717) is 29.4 Å². The number of amides is 2. The van der Waals surface area contributed by atoms with E-state index in [4.69, 9.17) is 9.47 Å². The highest BCUT2D eigenvalue weighted by Crippen LogP contribution is 2.15. The molecule has 2 rings (SSSR count). The van der Waals surface area contributed by atoms with Crippen molar-refractivity contribution in [2.24, 2.45) is 5.10 Å². The monoisotopic (exact) mass is 353 g/mol. The lowest BCUT2D eigenvalue weighted by atomic mass is 10.2. The molecule has 0 atom stereocenters. The summed E-state index contributed by atoms with van der Waals surface area (Å²) in [6, 6.07) is 13.7. The molecule has 134 valence electrons. The normalized spacial score (nSPS) is 10.2. The maximum atomic E-state index is 11.8. The van der Waals surface area contributed by atoms with Crippen molar-refractivity contribution in [3.05, 3.63) is 66.7 Å². The summed E-state index contributed by atoms with van der Waals surface area (Å²) < 4.78 is 10.4. The fourth-order valence-corrected chi connectivity index (χ4v) is 1.92. The second-order valence-corrected chi connectivity index (χ2v) is 5.05. The maximum Gasteiger partial charge on any atom is 0.329 e. The number of benzene rings is 2. The molecule has 0 saturated carbocycles. The molecule has 2 N–H and O–H groups in total. The van der Waals surface area contributed by atoms with Crippen LogP contribution >= 0.6 is 0 Å². The molecule has 7 heteroatoms. The Labute approximate surface area is 151 Å². The highest BCUT2D eigenvalue weighted by molar-refractivity contribution is 6.39. The molecule has 2 aromatic carbocycles. The van der Waals surface area contributed by atoms with Gasteiger partial charge in [0.05, 0.1) is 13.3 Å². The van der Waals surface area contributed by atoms with Crippen molar-refractivity contribution >= 4 is 23.7 Å². The first-order chi connectivity index (χ1) is 12.6. The molecule has 0 fully saturated rings. The quantitative estimate of drug-likeness (QED) is 0.346. The summed E-state index contributed by atoms with van der Waals surface area (Å²) in [4.78, 5) is 23.6. The first-order valence-electron chi connectivity index (χ1n) is 7.74. The van der Waals surface area contributed by atoms with Gasteiger partial charge in [0.1, 0.15) is 18.1 Å². The van der Waals surface area contributed by atoms with Crippen LogP contribution in [0.25, 0.3) is 0 Å². The van der Waals surface area contributed by atoms with Crippen molar-refractivity contribution in [3.63, 3.8) is 0 Å². The van der Waals surface area contributed by atoms with Crippen LogP contribution in [-0.4, -0.2) is 31.7 Å². The van der Waals surface area contributed by atoms with Crippen LogP contribution in [0.4, 0.5) is 5.69 Å². The van der Waals surface area contributed by atoms with Crippen molar-refractivity contribution in [2.45, 2.75) is 0 Å². The molecule has 0 radical (unpaired) electrons. The summed E-state index contributed by atoms with van der Waals surface area (Å²) in [6.07, 6.45) is 3.06. The van der Waals surface area contributed by atoms with Gasteiger partial charge in [0, 0.05) is 5.69 Å². The Balaban J connectivity index is 1.87. The molecular weight excluding hydrogens is 334 g/mol. The Morgan fingerprint density at radius 1 is 1.12 bits per heavy atom. The fraction of sp³-hybridized carbons (Fsp3) is 0.105. The van der Waals surface area contributed by atoms with Crippen molar-refractivity contribution in [1.82, 2.24) is 5.43 Å². The number of hydrazone groups is 1. The van der Waals surface area contributed by atoms with Gasteiger partial charge >= 0.3 is 11.8 Å². The molecular formula is C19H19N3O4. The largest absolute Gasteiger partial charge is 0.497 e. The van der Waals surface area contributed by atoms with Crippen molar-refractivity contribution in [1.29, 1.82) is 0 Å². The number of rotatable bonds is 7. The Kier molecular flexibility index (Phi) is 6.93. The minimum absolute atomic E-state index is 0.392. The summed E-state index contributed by atoms with van der Waals surface area (Å²) in [7, 11) is 1.54. The molecule has 0 bridgehead atoms. The molecule has 0 aliphatic carbocycles. The van der Waals surface area contributed by atoms with Crippen molar-refractivity contribution in [2.75, 3.05) is 19.0 Å². The fourth-order valence-electron chi connectivity index (χ4n) is 1.92. The first kappa shape index (κ1) is 18.7. The number of anilines is 1. The predicted octanol–water partition coefficient (Wildman–Crippen LogP) is 2.35. The van der Waals surface area contributed by atoms with Crippen LogP contribution in [0.2, 0.25) is 0 Å². The number of ether oxygens (including phenoxy) is 2. The van der Waals surface area contributed by atoms with Crippen LogP contribution in [0.15, 0.2) is 66.3 Å². The minimum Gasteiger partial charge on any atom is -0.497 e. The Hall–Kier alpha value is -3.61. The lowest BCUT2D eigenvalue weighted by molar-refractivity contribution is -0.136. The molecule has 0 aliphatic heterocycles. The average Bonchev–Trinajstić information content (AvgIpc) is 2.67. The zero-order valence-corrected chi connectivity index (χ0v) is 14.3. The highest BCUT2D eigenvalue weighted by Gasteiger charge is 2.12. The first-order valence-corrected chi connectivity index (χ1v) is 7.74. The van der Waals surface area contributed by atoms with Gasteiger partial charge in [-0.2, -0.15) is 5.10 Å². The second kappa shape index (κ2) is 9.63. The number of nitrogens with one attached hydrogen (secondary N) is 2. The van der Waals surface area contributed by atoms with Gasteiger partial charge in [-0.15, -0.1) is 0 Å². The van der Waals surface area contributed by atoms with Crippen molar-refractivity contribution < 1.29 is 19.1 Å². The number of hydrogen-bond donors (Lipinski definition) is 2. The molecule has 2 amide bonds. The zero-order chi connectivity index (χ0) is 18.8. The standard InChI is InChI=1S/C19H19N3O4/c1-3-11-26-17-6-4-5-14(12-17)13-20-22-19(24)18(23)21-15-7-9-16(25-2)10-8-15/h3-10,12-13H,1,11H2,2H3,(H,21,23)(H,22,24)/b20-13+. The Bertz CT molecular complexity index is 801. The molecule has 0 heterocycles. The third-order valence-corrected chi connectivity index (χ3v) is 3.16. The molecule has 7 nitrogen and oxygen atoms in total. The van der Waals surface area contributed by atoms with Gasteiger partial charge in [0.2, 0.25) is 0 Å². The topological polar surface area (TPSA) is 89.0 Å². The Morgan fingerprint density at radius 2 is 1.88 bits per heavy atom. The van der Waals surface area contributed by atoms with E-state index in [1.54, 1.807) is 61.7 Å². The van der Waals surface area contributed by atoms with E-state index < -0.39 is 11.8 Å². The van der Waals surface area contributed by atoms with Crippen molar-refractivity contribution in [3.8, 4) is 11.5 Å². The lowest BCUT2D eigenvalue weighted by Crippen LogP contribution is -2.32. The molecule has 0 saturated heterocycles. The summed E-state index contributed by atoms with van der Waals surface area (Å²) in [5.74, 6) is -0.403. The van der Waals surface area contributed by atoms with Crippen LogP contribution in [-0.2, 0) is 9.59 Å². The lowest BCUT2D eigenvalue weighted by Gasteiger charge is -2.05. The number of carbonyl (C=O) groups excluding carboxylic acids is 2. The molecule has 0 aliphatic rings. The van der Waals surface area contributed by atoms with Gasteiger partial charge in [-0.25, -0.2) is 5.43 Å². The smallest absolute Gasteiger partial charge is 0.329 e. The maximum absolute atomic E-state index is 11.8. The van der Waals surface area contributed by atoms with Crippen LogP contribution < -0.4 is 20.2 Å². The van der Waals surface area contributed by atoms with E-state index in [2.05, 4.69) is 22.4 Å². The number of nitrogens with zero attached hydrogens (tertiary/aromatic N) is 1. The highest BCUT2D eigenvalue weighted by atomic mass is 16.5. The molecule has 0 spiro atoms. The summed E-state index contributed by atoms with van der Waals surface area (Å²) in [5, 5.41) is 6.24. The summed E-state index contributed by atoms with van der Waals surface area (Å²) >= 11 is 0. The third kappa shape index (κ3) is 5.79. The second-order valence-electron chi connectivity index (χ2n) is 5.05. The van der Waals surface area contributed by atoms with Gasteiger partial charge in [0.25, 0.3) is 0 Å². The average molecular weight is 353 g/mol.